The maximum absolute atomic E-state index is 11.6. The molecule has 5 heteroatoms. The van der Waals surface area contributed by atoms with Gasteiger partial charge in [-0.1, -0.05) is 18.0 Å². The second kappa shape index (κ2) is 5.52. The molecule has 0 unspecified atom stereocenters. The summed E-state index contributed by atoms with van der Waals surface area (Å²) < 4.78 is 10.9. The number of halogens is 1. The summed E-state index contributed by atoms with van der Waals surface area (Å²) in [7, 11) is 1.54. The quantitative estimate of drug-likeness (QED) is 0.901. The smallest absolute Gasteiger partial charge is 0.314 e. The highest BCUT2D eigenvalue weighted by Gasteiger charge is 2.47. The molecule has 4 nitrogen and oxygen atoms in total. The van der Waals surface area contributed by atoms with Crippen LogP contribution in [0.15, 0.2) is 12.1 Å². The first kappa shape index (κ1) is 15.0. The molecule has 0 radical (unpaired) electrons. The summed E-state index contributed by atoms with van der Waals surface area (Å²) in [6.07, 6.45) is 2.08. The maximum Gasteiger partial charge on any atom is 0.314 e. The normalized spacial score (nSPS) is 16.6. The van der Waals surface area contributed by atoms with Crippen LogP contribution in [0.3, 0.4) is 0 Å². The van der Waals surface area contributed by atoms with Crippen LogP contribution < -0.4 is 9.47 Å². The summed E-state index contributed by atoms with van der Waals surface area (Å²) in [6.45, 7) is 3.81. The highest BCUT2D eigenvalue weighted by atomic mass is 35.5. The lowest BCUT2D eigenvalue weighted by Crippen LogP contribution is -2.42. The number of hydrogen-bond acceptors (Lipinski definition) is 3. The Balaban J connectivity index is 2.51. The number of benzene rings is 1. The summed E-state index contributed by atoms with van der Waals surface area (Å²) in [5.41, 5.74) is -0.257. The molecule has 1 aromatic carbocycles. The van der Waals surface area contributed by atoms with Crippen molar-refractivity contribution in [1.82, 2.24) is 0 Å². The van der Waals surface area contributed by atoms with Gasteiger partial charge in [-0.05, 0) is 38.3 Å². The third-order valence-electron chi connectivity index (χ3n) is 3.75. The summed E-state index contributed by atoms with van der Waals surface area (Å²) >= 11 is 6.26. The molecule has 0 bridgehead atoms. The summed E-state index contributed by atoms with van der Waals surface area (Å²) in [5.74, 6) is 0.230. The molecule has 0 saturated heterocycles. The second-order valence-electron chi connectivity index (χ2n) is 5.39. The molecular formula is C15H19ClO4. The average Bonchev–Trinajstić information content (AvgIpc) is 2.30. The fourth-order valence-electron chi connectivity index (χ4n) is 2.54. The molecule has 110 valence electrons. The molecule has 0 amide bonds. The van der Waals surface area contributed by atoms with E-state index in [0.29, 0.717) is 34.9 Å². The molecule has 0 spiro atoms. The topological polar surface area (TPSA) is 55.8 Å². The zero-order valence-electron chi connectivity index (χ0n) is 11.9. The molecule has 0 aromatic heterocycles. The largest absolute Gasteiger partial charge is 0.493 e. The molecule has 1 aliphatic rings. The van der Waals surface area contributed by atoms with Gasteiger partial charge < -0.3 is 14.6 Å². The minimum atomic E-state index is -0.877. The van der Waals surface area contributed by atoms with E-state index >= 15 is 0 Å². The molecule has 20 heavy (non-hydrogen) atoms. The van der Waals surface area contributed by atoms with E-state index in [9.17, 15) is 9.90 Å². The van der Waals surface area contributed by atoms with Crippen LogP contribution in [0.2, 0.25) is 5.02 Å². The Morgan fingerprint density at radius 1 is 1.35 bits per heavy atom. The van der Waals surface area contributed by atoms with Gasteiger partial charge in [0.25, 0.3) is 0 Å². The van der Waals surface area contributed by atoms with Crippen LogP contribution in [0.5, 0.6) is 11.5 Å². The van der Waals surface area contributed by atoms with Crippen molar-refractivity contribution < 1.29 is 19.4 Å². The number of ether oxygens (including phenoxy) is 2. The fourth-order valence-corrected chi connectivity index (χ4v) is 2.87. The zero-order chi connectivity index (χ0) is 14.9. The van der Waals surface area contributed by atoms with Crippen molar-refractivity contribution in [2.24, 2.45) is 0 Å². The van der Waals surface area contributed by atoms with Crippen LogP contribution >= 0.6 is 11.6 Å². The lowest BCUT2D eigenvalue weighted by molar-refractivity contribution is -0.147. The Hall–Kier alpha value is -1.42. The Morgan fingerprint density at radius 3 is 2.40 bits per heavy atom. The molecule has 0 aliphatic heterocycles. The molecule has 0 heterocycles. The number of hydrogen-bond donors (Lipinski definition) is 1. The van der Waals surface area contributed by atoms with Gasteiger partial charge in [0, 0.05) is 11.1 Å². The molecule has 1 aromatic rings. The van der Waals surface area contributed by atoms with Gasteiger partial charge in [0.05, 0.1) is 18.6 Å². The Morgan fingerprint density at radius 2 is 2.00 bits per heavy atom. The minimum Gasteiger partial charge on any atom is -0.493 e. The molecule has 1 fully saturated rings. The van der Waals surface area contributed by atoms with Crippen LogP contribution in [0.1, 0.15) is 38.7 Å². The van der Waals surface area contributed by atoms with Crippen LogP contribution in [0.4, 0.5) is 0 Å². The number of aliphatic carboxylic acids is 1. The number of rotatable bonds is 5. The monoisotopic (exact) mass is 298 g/mol. The number of methoxy groups -OCH3 is 1. The van der Waals surface area contributed by atoms with Gasteiger partial charge in [-0.2, -0.15) is 0 Å². The van der Waals surface area contributed by atoms with Gasteiger partial charge in [0.15, 0.2) is 11.5 Å². The predicted molar refractivity (Wildman–Crippen MR) is 76.9 cm³/mol. The molecule has 1 saturated carbocycles. The SMILES string of the molecule is COc1cc(Cl)c(C2(C(=O)O)CCC2)cc1OC(C)C. The maximum atomic E-state index is 11.6. The van der Waals surface area contributed by atoms with E-state index in [1.165, 1.54) is 7.11 Å². The lowest BCUT2D eigenvalue weighted by atomic mass is 9.64. The van der Waals surface area contributed by atoms with Crippen molar-refractivity contribution >= 4 is 17.6 Å². The summed E-state index contributed by atoms with van der Waals surface area (Å²) in [4.78, 5) is 11.6. The van der Waals surface area contributed by atoms with Crippen molar-refractivity contribution in [2.45, 2.75) is 44.6 Å². The van der Waals surface area contributed by atoms with Gasteiger partial charge in [0.2, 0.25) is 0 Å². The van der Waals surface area contributed by atoms with E-state index in [-0.39, 0.29) is 6.10 Å². The Kier molecular flexibility index (Phi) is 4.14. The van der Waals surface area contributed by atoms with Crippen molar-refractivity contribution in [1.29, 1.82) is 0 Å². The summed E-state index contributed by atoms with van der Waals surface area (Å²) in [5, 5.41) is 9.95. The zero-order valence-corrected chi connectivity index (χ0v) is 12.7. The third-order valence-corrected chi connectivity index (χ3v) is 4.06. The number of carbonyl (C=O) groups is 1. The van der Waals surface area contributed by atoms with E-state index in [4.69, 9.17) is 21.1 Å². The van der Waals surface area contributed by atoms with E-state index in [0.717, 1.165) is 6.42 Å². The van der Waals surface area contributed by atoms with E-state index in [1.807, 2.05) is 13.8 Å². The van der Waals surface area contributed by atoms with Crippen LogP contribution in [-0.4, -0.2) is 24.3 Å². The van der Waals surface area contributed by atoms with Crippen LogP contribution in [0, 0.1) is 0 Å². The van der Waals surface area contributed by atoms with Gasteiger partial charge in [-0.3, -0.25) is 4.79 Å². The van der Waals surface area contributed by atoms with Gasteiger partial charge in [-0.25, -0.2) is 0 Å². The van der Waals surface area contributed by atoms with Gasteiger partial charge in [0.1, 0.15) is 0 Å². The fraction of sp³-hybridized carbons (Fsp3) is 0.533. The minimum absolute atomic E-state index is 0.0277. The van der Waals surface area contributed by atoms with E-state index in [1.54, 1.807) is 12.1 Å². The average molecular weight is 299 g/mol. The first-order chi connectivity index (χ1) is 9.40. The predicted octanol–water partition coefficient (Wildman–Crippen LogP) is 3.64. The summed E-state index contributed by atoms with van der Waals surface area (Å²) in [6, 6.07) is 3.35. The van der Waals surface area contributed by atoms with Crippen LogP contribution in [0.25, 0.3) is 0 Å². The highest BCUT2D eigenvalue weighted by molar-refractivity contribution is 6.32. The number of carboxylic acid groups (broad SMARTS) is 1. The lowest BCUT2D eigenvalue weighted by Gasteiger charge is -2.39. The molecule has 1 N–H and O–H groups in total. The molecular weight excluding hydrogens is 280 g/mol. The van der Waals surface area contributed by atoms with E-state index in [2.05, 4.69) is 0 Å². The molecule has 0 atom stereocenters. The molecule has 2 rings (SSSR count). The Bertz CT molecular complexity index is 521. The highest BCUT2D eigenvalue weighted by Crippen LogP contribution is 2.49. The standard InChI is InChI=1S/C15H19ClO4/c1-9(2)20-13-7-10(11(16)8-12(13)19-3)15(14(17)18)5-4-6-15/h7-9H,4-6H2,1-3H3,(H,17,18). The first-order valence-corrected chi connectivity index (χ1v) is 7.06. The molecule has 1 aliphatic carbocycles. The van der Waals surface area contributed by atoms with Gasteiger partial charge in [-0.15, -0.1) is 0 Å². The third kappa shape index (κ3) is 2.44. The van der Waals surface area contributed by atoms with Gasteiger partial charge >= 0.3 is 5.97 Å². The Labute approximate surface area is 123 Å². The van der Waals surface area contributed by atoms with Crippen molar-refractivity contribution in [3.05, 3.63) is 22.7 Å². The second-order valence-corrected chi connectivity index (χ2v) is 5.80. The first-order valence-electron chi connectivity index (χ1n) is 6.69. The van der Waals surface area contributed by atoms with Crippen molar-refractivity contribution in [3.63, 3.8) is 0 Å². The van der Waals surface area contributed by atoms with Crippen LogP contribution in [-0.2, 0) is 10.2 Å². The van der Waals surface area contributed by atoms with Crippen molar-refractivity contribution in [2.75, 3.05) is 7.11 Å². The van der Waals surface area contributed by atoms with E-state index < -0.39 is 11.4 Å². The van der Waals surface area contributed by atoms with Crippen molar-refractivity contribution in [3.8, 4) is 11.5 Å². The number of carboxylic acids is 1.